The number of imidazole rings is 1. The highest BCUT2D eigenvalue weighted by molar-refractivity contribution is 5.76. The normalized spacial score (nSPS) is 18.3. The Morgan fingerprint density at radius 3 is 2.54 bits per heavy atom. The molecule has 0 radical (unpaired) electrons. The van der Waals surface area contributed by atoms with Gasteiger partial charge >= 0.3 is 0 Å². The van der Waals surface area contributed by atoms with E-state index in [4.69, 9.17) is 14.8 Å². The third kappa shape index (κ3) is 7.50. The number of aliphatic hydroxyl groups excluding tert-OH is 1. The van der Waals surface area contributed by atoms with Gasteiger partial charge in [-0.3, -0.25) is 4.79 Å². The van der Waals surface area contributed by atoms with E-state index in [9.17, 15) is 13.6 Å². The second kappa shape index (κ2) is 13.8. The van der Waals surface area contributed by atoms with E-state index in [2.05, 4.69) is 5.32 Å². The van der Waals surface area contributed by atoms with Gasteiger partial charge in [-0.2, -0.15) is 0 Å². The Morgan fingerprint density at radius 2 is 1.92 bits per heavy atom. The predicted octanol–water partition coefficient (Wildman–Crippen LogP) is 4.55. The van der Waals surface area contributed by atoms with Crippen LogP contribution < -0.4 is 5.32 Å². The second-order valence-corrected chi connectivity index (χ2v) is 10.1. The molecule has 39 heavy (non-hydrogen) atoms. The summed E-state index contributed by atoms with van der Waals surface area (Å²) in [5.74, 6) is -0.216. The molecule has 0 saturated carbocycles. The fraction of sp³-hybridized carbons (Fsp3) is 0.467. The summed E-state index contributed by atoms with van der Waals surface area (Å²) in [6, 6.07) is 13.0. The van der Waals surface area contributed by atoms with E-state index >= 15 is 0 Å². The van der Waals surface area contributed by atoms with Crippen molar-refractivity contribution in [3.05, 3.63) is 77.8 Å². The van der Waals surface area contributed by atoms with Crippen LogP contribution in [0, 0.1) is 17.6 Å². The third-order valence-electron chi connectivity index (χ3n) is 7.33. The molecule has 2 atom stereocenters. The van der Waals surface area contributed by atoms with Crippen LogP contribution >= 0.6 is 0 Å². The highest BCUT2D eigenvalue weighted by Gasteiger charge is 2.34. The number of β-amino-alcohol motifs (C(OH)–C–C–N with tert-alkyl or cyclic N) is 1. The first kappa shape index (κ1) is 28.9. The first-order valence-corrected chi connectivity index (χ1v) is 13.7. The van der Waals surface area contributed by atoms with E-state index in [1.165, 1.54) is 6.07 Å². The number of nitrogens with one attached hydrogen (secondary N) is 1. The minimum atomic E-state index is -0.534. The highest BCUT2D eigenvalue weighted by Crippen LogP contribution is 2.36. The maximum Gasteiger partial charge on any atom is 0.222 e. The Kier molecular flexibility index (Phi) is 10.2. The molecule has 1 aromatic heterocycles. The van der Waals surface area contributed by atoms with Gasteiger partial charge in [-0.05, 0) is 55.5 Å². The van der Waals surface area contributed by atoms with Gasteiger partial charge in [-0.15, -0.1) is 0 Å². The molecule has 7 nitrogen and oxygen atoms in total. The van der Waals surface area contributed by atoms with Crippen LogP contribution in [-0.2, 0) is 16.1 Å². The SMILES string of the molecule is CCC(=O)N(C)C(c1nc(-c2cc(F)ccc2F)cn1Cc1ccccc1)C1CCOCC1.OC1CCNC1. The van der Waals surface area contributed by atoms with E-state index in [0.717, 1.165) is 50.0 Å². The number of amides is 1. The van der Waals surface area contributed by atoms with Crippen molar-refractivity contribution in [3.63, 3.8) is 0 Å². The number of rotatable bonds is 7. The zero-order valence-electron chi connectivity index (χ0n) is 22.7. The van der Waals surface area contributed by atoms with Crippen LogP contribution in [0.3, 0.4) is 0 Å². The van der Waals surface area contributed by atoms with Crippen molar-refractivity contribution in [1.29, 1.82) is 0 Å². The summed E-state index contributed by atoms with van der Waals surface area (Å²) in [5, 5.41) is 11.7. The minimum absolute atomic E-state index is 0.0132. The van der Waals surface area contributed by atoms with Gasteiger partial charge in [0.15, 0.2) is 0 Å². The molecule has 210 valence electrons. The zero-order valence-corrected chi connectivity index (χ0v) is 22.7. The van der Waals surface area contributed by atoms with Crippen LogP contribution in [-0.4, -0.2) is 64.9 Å². The molecule has 2 fully saturated rings. The molecule has 2 aromatic carbocycles. The number of hydrogen-bond acceptors (Lipinski definition) is 5. The maximum atomic E-state index is 14.6. The zero-order chi connectivity index (χ0) is 27.8. The van der Waals surface area contributed by atoms with Crippen LogP contribution in [0.5, 0.6) is 0 Å². The Balaban J connectivity index is 0.000000519. The number of nitrogens with zero attached hydrogens (tertiary/aromatic N) is 3. The Bertz CT molecular complexity index is 1210. The van der Waals surface area contributed by atoms with Gasteiger partial charge in [-0.25, -0.2) is 13.8 Å². The van der Waals surface area contributed by atoms with E-state index in [1.54, 1.807) is 18.1 Å². The van der Waals surface area contributed by atoms with Gasteiger partial charge in [0.05, 0.1) is 17.8 Å². The monoisotopic (exact) mass is 540 g/mol. The molecule has 3 heterocycles. The number of benzene rings is 2. The smallest absolute Gasteiger partial charge is 0.222 e. The molecular weight excluding hydrogens is 502 g/mol. The quantitative estimate of drug-likeness (QED) is 0.460. The topological polar surface area (TPSA) is 79.6 Å². The van der Waals surface area contributed by atoms with Crippen LogP contribution in [0.2, 0.25) is 0 Å². The van der Waals surface area contributed by atoms with Gasteiger partial charge in [0.25, 0.3) is 0 Å². The van der Waals surface area contributed by atoms with Crippen LogP contribution in [0.4, 0.5) is 8.78 Å². The molecule has 2 aliphatic heterocycles. The Labute approximate surface area is 228 Å². The van der Waals surface area contributed by atoms with Crippen LogP contribution in [0.15, 0.2) is 54.7 Å². The number of aromatic nitrogens is 2. The molecule has 5 rings (SSSR count). The van der Waals surface area contributed by atoms with Gasteiger partial charge < -0.3 is 24.6 Å². The van der Waals surface area contributed by atoms with Gasteiger partial charge in [0.1, 0.15) is 17.5 Å². The average molecular weight is 541 g/mol. The molecular formula is C30H38F2N4O3. The standard InChI is InChI=1S/C26H29F2N3O2.C4H9NO/c1-3-24(32)30(2)25(19-11-13-33-14-12-19)26-29-23(21-15-20(27)9-10-22(21)28)17-31(26)16-18-7-5-4-6-8-18;6-4-1-2-5-3-4/h4-10,15,17,19,25H,3,11-14,16H2,1-2H3;4-6H,1-3H2. The Morgan fingerprint density at radius 1 is 1.18 bits per heavy atom. The van der Waals surface area contributed by atoms with Crippen molar-refractivity contribution < 1.29 is 23.4 Å². The second-order valence-electron chi connectivity index (χ2n) is 10.1. The molecule has 1 amide bonds. The third-order valence-corrected chi connectivity index (χ3v) is 7.33. The fourth-order valence-electron chi connectivity index (χ4n) is 5.17. The fourth-order valence-corrected chi connectivity index (χ4v) is 5.17. The lowest BCUT2D eigenvalue weighted by Gasteiger charge is -2.36. The molecule has 0 bridgehead atoms. The van der Waals surface area contributed by atoms with Crippen molar-refractivity contribution in [2.24, 2.45) is 5.92 Å². The van der Waals surface area contributed by atoms with E-state index in [1.807, 2.05) is 41.8 Å². The lowest BCUT2D eigenvalue weighted by atomic mass is 9.89. The molecule has 3 aromatic rings. The predicted molar refractivity (Wildman–Crippen MR) is 146 cm³/mol. The molecule has 0 aliphatic carbocycles. The average Bonchev–Trinajstić information content (AvgIpc) is 3.60. The van der Waals surface area contributed by atoms with Gasteiger partial charge in [0.2, 0.25) is 5.91 Å². The molecule has 2 aliphatic rings. The van der Waals surface area contributed by atoms with E-state index in [0.29, 0.717) is 37.7 Å². The van der Waals surface area contributed by atoms with Gasteiger partial charge in [0, 0.05) is 51.5 Å². The van der Waals surface area contributed by atoms with Crippen LogP contribution in [0.25, 0.3) is 11.3 Å². The summed E-state index contributed by atoms with van der Waals surface area (Å²) in [6.45, 7) is 5.37. The number of aliphatic hydroxyl groups is 1. The van der Waals surface area contributed by atoms with Crippen molar-refractivity contribution in [2.45, 2.75) is 51.3 Å². The van der Waals surface area contributed by atoms with E-state index in [-0.39, 0.29) is 29.5 Å². The van der Waals surface area contributed by atoms with E-state index < -0.39 is 11.6 Å². The molecule has 2 saturated heterocycles. The van der Waals surface area contributed by atoms with Crippen molar-refractivity contribution in [1.82, 2.24) is 19.8 Å². The summed E-state index contributed by atoms with van der Waals surface area (Å²) in [7, 11) is 1.80. The molecule has 0 spiro atoms. The molecule has 2 unspecified atom stereocenters. The first-order valence-electron chi connectivity index (χ1n) is 13.7. The molecule has 2 N–H and O–H groups in total. The Hall–Kier alpha value is -3.14. The number of hydrogen-bond donors (Lipinski definition) is 2. The highest BCUT2D eigenvalue weighted by atomic mass is 19.1. The summed E-state index contributed by atoms with van der Waals surface area (Å²) < 4.78 is 36.1. The van der Waals surface area contributed by atoms with Crippen LogP contribution in [0.1, 0.15) is 50.0 Å². The molecule has 9 heteroatoms. The van der Waals surface area contributed by atoms with Crippen molar-refractivity contribution in [2.75, 3.05) is 33.4 Å². The maximum absolute atomic E-state index is 14.6. The first-order chi connectivity index (χ1) is 18.9. The summed E-state index contributed by atoms with van der Waals surface area (Å²) in [5.41, 5.74) is 1.52. The minimum Gasteiger partial charge on any atom is -0.392 e. The number of ether oxygens (including phenoxy) is 1. The lowest BCUT2D eigenvalue weighted by molar-refractivity contribution is -0.134. The lowest BCUT2D eigenvalue weighted by Crippen LogP contribution is -2.39. The summed E-state index contributed by atoms with van der Waals surface area (Å²) in [6.07, 6.45) is 4.60. The number of carbonyl (C=O) groups excluding carboxylic acids is 1. The van der Waals surface area contributed by atoms with Crippen molar-refractivity contribution >= 4 is 5.91 Å². The summed E-state index contributed by atoms with van der Waals surface area (Å²) >= 11 is 0. The largest absolute Gasteiger partial charge is 0.392 e. The van der Waals surface area contributed by atoms with Crippen molar-refractivity contribution in [3.8, 4) is 11.3 Å². The summed E-state index contributed by atoms with van der Waals surface area (Å²) in [4.78, 5) is 19.3. The van der Waals surface area contributed by atoms with Gasteiger partial charge in [-0.1, -0.05) is 37.3 Å². The number of carbonyl (C=O) groups is 1. The number of halogens is 2.